The van der Waals surface area contributed by atoms with Crippen molar-refractivity contribution in [3.05, 3.63) is 119 Å². The van der Waals surface area contributed by atoms with Crippen molar-refractivity contribution in [1.82, 2.24) is 10.2 Å². The van der Waals surface area contributed by atoms with Crippen molar-refractivity contribution in [2.45, 2.75) is 62.0 Å². The fraction of sp³-hybridized carbons (Fsp3) is 0.316. The van der Waals surface area contributed by atoms with E-state index in [4.69, 9.17) is 9.47 Å². The third-order valence-electron chi connectivity index (χ3n) is 8.77. The average molecular weight is 749 g/mol. The summed E-state index contributed by atoms with van der Waals surface area (Å²) in [6.07, 6.45) is 5.22. The minimum Gasteiger partial charge on any atom is -0.497 e. The predicted octanol–water partition coefficient (Wildman–Crippen LogP) is 6.75. The number of methoxy groups -OCH3 is 2. The molecule has 49 heavy (non-hydrogen) atoms. The molecule has 0 bridgehead atoms. The number of hydrogen-bond acceptors (Lipinski definition) is 6. The molecule has 2 amide bonds. The molecule has 258 valence electrons. The number of para-hydroxylation sites is 2. The van der Waals surface area contributed by atoms with Gasteiger partial charge in [0.15, 0.2) is 0 Å². The maximum Gasteiger partial charge on any atom is 0.264 e. The summed E-state index contributed by atoms with van der Waals surface area (Å²) in [4.78, 5) is 30.5. The van der Waals surface area contributed by atoms with E-state index in [0.717, 1.165) is 52.0 Å². The summed E-state index contributed by atoms with van der Waals surface area (Å²) in [5.41, 5.74) is 1.87. The number of carbonyl (C=O) groups excluding carboxylic acids is 2. The minimum atomic E-state index is -4.30. The van der Waals surface area contributed by atoms with Crippen molar-refractivity contribution in [3.8, 4) is 11.5 Å². The van der Waals surface area contributed by atoms with E-state index >= 15 is 0 Å². The van der Waals surface area contributed by atoms with Crippen LogP contribution in [0, 0.1) is 0 Å². The number of nitrogens with one attached hydrogen (secondary N) is 1. The lowest BCUT2D eigenvalue weighted by molar-refractivity contribution is -0.140. The van der Waals surface area contributed by atoms with E-state index in [1.807, 2.05) is 54.6 Å². The number of hydrogen-bond donors (Lipinski definition) is 1. The van der Waals surface area contributed by atoms with Crippen LogP contribution in [-0.2, 0) is 32.6 Å². The first kappa shape index (κ1) is 35.9. The van der Waals surface area contributed by atoms with Gasteiger partial charge in [0.05, 0.1) is 24.8 Å². The number of amides is 2. The monoisotopic (exact) mass is 747 g/mol. The highest BCUT2D eigenvalue weighted by Crippen LogP contribution is 2.33. The van der Waals surface area contributed by atoms with Crippen molar-refractivity contribution in [3.63, 3.8) is 0 Å². The number of benzene rings is 4. The van der Waals surface area contributed by atoms with Gasteiger partial charge in [0.25, 0.3) is 10.0 Å². The molecule has 4 aromatic carbocycles. The van der Waals surface area contributed by atoms with Gasteiger partial charge < -0.3 is 19.7 Å². The van der Waals surface area contributed by atoms with Gasteiger partial charge in [0.1, 0.15) is 24.1 Å². The quantitative estimate of drug-likeness (QED) is 0.153. The van der Waals surface area contributed by atoms with Gasteiger partial charge in [-0.05, 0) is 72.5 Å². The third-order valence-corrected chi connectivity index (χ3v) is 11.1. The van der Waals surface area contributed by atoms with Crippen LogP contribution in [0.1, 0.15) is 43.2 Å². The van der Waals surface area contributed by atoms with E-state index in [-0.39, 0.29) is 41.2 Å². The molecule has 1 fully saturated rings. The molecular formula is C38H42BrN3O6S. The van der Waals surface area contributed by atoms with Gasteiger partial charge in [-0.3, -0.25) is 13.9 Å². The number of rotatable bonds is 14. The van der Waals surface area contributed by atoms with E-state index in [0.29, 0.717) is 5.75 Å². The molecule has 11 heteroatoms. The van der Waals surface area contributed by atoms with Gasteiger partial charge in [-0.15, -0.1) is 0 Å². The van der Waals surface area contributed by atoms with E-state index in [2.05, 4.69) is 21.2 Å². The molecule has 1 N–H and O–H groups in total. The van der Waals surface area contributed by atoms with E-state index in [9.17, 15) is 18.0 Å². The number of sulfonamides is 1. The van der Waals surface area contributed by atoms with Crippen LogP contribution >= 0.6 is 15.9 Å². The second-order valence-corrected chi connectivity index (χ2v) is 14.8. The maximum atomic E-state index is 14.8. The smallest absolute Gasteiger partial charge is 0.264 e. The third kappa shape index (κ3) is 9.21. The maximum absolute atomic E-state index is 14.8. The second-order valence-electron chi connectivity index (χ2n) is 12.1. The molecule has 4 aromatic rings. The molecule has 1 saturated carbocycles. The number of ether oxygens (including phenoxy) is 2. The van der Waals surface area contributed by atoms with Crippen LogP contribution in [-0.4, -0.2) is 58.0 Å². The van der Waals surface area contributed by atoms with E-state index in [1.165, 1.54) is 31.3 Å². The Morgan fingerprint density at radius 3 is 2.12 bits per heavy atom. The van der Waals surface area contributed by atoms with Crippen LogP contribution in [0.15, 0.2) is 112 Å². The average Bonchev–Trinajstić information content (AvgIpc) is 3.13. The molecule has 5 rings (SSSR count). The van der Waals surface area contributed by atoms with E-state index < -0.39 is 28.5 Å². The Morgan fingerprint density at radius 1 is 0.816 bits per heavy atom. The molecule has 1 aliphatic carbocycles. The van der Waals surface area contributed by atoms with E-state index in [1.54, 1.807) is 36.4 Å². The summed E-state index contributed by atoms with van der Waals surface area (Å²) in [5.74, 6) is -0.0244. The van der Waals surface area contributed by atoms with Crippen molar-refractivity contribution in [2.75, 3.05) is 25.1 Å². The molecule has 1 atom stereocenters. The van der Waals surface area contributed by atoms with Crippen LogP contribution in [0.5, 0.6) is 11.5 Å². The van der Waals surface area contributed by atoms with Crippen molar-refractivity contribution < 1.29 is 27.5 Å². The lowest BCUT2D eigenvalue weighted by atomic mass is 9.94. The van der Waals surface area contributed by atoms with Crippen LogP contribution in [0.25, 0.3) is 0 Å². The van der Waals surface area contributed by atoms with Gasteiger partial charge >= 0.3 is 0 Å². The first-order valence-electron chi connectivity index (χ1n) is 16.4. The predicted molar refractivity (Wildman–Crippen MR) is 194 cm³/mol. The van der Waals surface area contributed by atoms with Crippen molar-refractivity contribution in [1.29, 1.82) is 0 Å². The van der Waals surface area contributed by atoms with Crippen molar-refractivity contribution >= 4 is 43.5 Å². The van der Waals surface area contributed by atoms with Crippen LogP contribution in [0.2, 0.25) is 0 Å². The van der Waals surface area contributed by atoms with Crippen LogP contribution < -0.4 is 19.1 Å². The topological polar surface area (TPSA) is 105 Å². The largest absolute Gasteiger partial charge is 0.497 e. The first-order valence-corrected chi connectivity index (χ1v) is 18.6. The standard InChI is InChI=1S/C38H42BrN3O6S/c1-47-32-21-23-33(24-22-32)49(45,46)42(34-15-9-10-16-36(34)48-2)27-37(43)41(26-29-17-19-30(39)20-18-29)35(25-28-11-5-3-6-12-28)38(44)40-31-13-7-4-8-14-31/h3,5-6,9-12,15-24,31,35H,4,7-8,13-14,25-27H2,1-2H3,(H,40,44). The van der Waals surface area contributed by atoms with Crippen LogP contribution in [0.3, 0.4) is 0 Å². The summed E-state index contributed by atoms with van der Waals surface area (Å²) in [6, 6.07) is 28.8. The SMILES string of the molecule is COc1ccc(S(=O)(=O)N(CC(=O)N(Cc2ccc(Br)cc2)C(Cc2ccccc2)C(=O)NC2CCCCC2)c2ccccc2OC)cc1. The van der Waals surface area contributed by atoms with Gasteiger partial charge in [0.2, 0.25) is 11.8 Å². The summed E-state index contributed by atoms with van der Waals surface area (Å²) >= 11 is 3.48. The Hall–Kier alpha value is -4.35. The zero-order valence-electron chi connectivity index (χ0n) is 27.8. The molecule has 0 aliphatic heterocycles. The Kier molecular flexibility index (Phi) is 12.4. The molecule has 1 aliphatic rings. The Balaban J connectivity index is 1.58. The minimum absolute atomic E-state index is 0.0182. The molecule has 9 nitrogen and oxygen atoms in total. The van der Waals surface area contributed by atoms with Gasteiger partial charge in [-0.1, -0.05) is 89.8 Å². The number of halogens is 1. The van der Waals surface area contributed by atoms with Crippen LogP contribution in [0.4, 0.5) is 5.69 Å². The van der Waals surface area contributed by atoms with Gasteiger partial charge in [-0.2, -0.15) is 0 Å². The Morgan fingerprint density at radius 2 is 1.47 bits per heavy atom. The Bertz CT molecular complexity index is 1800. The number of nitrogens with zero attached hydrogens (tertiary/aromatic N) is 2. The molecular weight excluding hydrogens is 706 g/mol. The molecule has 0 saturated heterocycles. The zero-order chi connectivity index (χ0) is 34.8. The summed E-state index contributed by atoms with van der Waals surface area (Å²) in [7, 11) is -1.35. The van der Waals surface area contributed by atoms with Crippen molar-refractivity contribution in [2.24, 2.45) is 0 Å². The fourth-order valence-electron chi connectivity index (χ4n) is 6.11. The normalized spacial score (nSPS) is 14.0. The molecule has 0 spiro atoms. The number of carbonyl (C=O) groups is 2. The molecule has 0 aromatic heterocycles. The molecule has 0 heterocycles. The number of anilines is 1. The lowest BCUT2D eigenvalue weighted by Gasteiger charge is -2.35. The highest BCUT2D eigenvalue weighted by Gasteiger charge is 2.36. The molecule has 0 radical (unpaired) electrons. The second kappa shape index (κ2) is 16.8. The highest BCUT2D eigenvalue weighted by atomic mass is 79.9. The summed E-state index contributed by atoms with van der Waals surface area (Å²) < 4.78 is 41.5. The molecule has 1 unspecified atom stereocenters. The lowest BCUT2D eigenvalue weighted by Crippen LogP contribution is -2.55. The zero-order valence-corrected chi connectivity index (χ0v) is 30.2. The fourth-order valence-corrected chi connectivity index (χ4v) is 7.80. The van der Waals surface area contributed by atoms with Gasteiger partial charge in [0, 0.05) is 23.5 Å². The Labute approximate surface area is 297 Å². The van der Waals surface area contributed by atoms with Gasteiger partial charge in [-0.25, -0.2) is 8.42 Å². The highest BCUT2D eigenvalue weighted by molar-refractivity contribution is 9.10. The first-order chi connectivity index (χ1) is 23.7. The summed E-state index contributed by atoms with van der Waals surface area (Å²) in [6.45, 7) is -0.489. The summed E-state index contributed by atoms with van der Waals surface area (Å²) in [5, 5.41) is 3.24.